The Morgan fingerprint density at radius 2 is 1.67 bits per heavy atom. The fourth-order valence-electron chi connectivity index (χ4n) is 1.93. The van der Waals surface area contributed by atoms with E-state index in [2.05, 4.69) is 22.5 Å². The number of ether oxygens (including phenoxy) is 2. The average molecular weight is 313 g/mol. The molecule has 1 rings (SSSR count). The van der Waals surface area contributed by atoms with Gasteiger partial charge >= 0.3 is 5.97 Å². The first-order chi connectivity index (χ1) is 8.36. The predicted molar refractivity (Wildman–Crippen MR) is 76.0 cm³/mol. The topological polar surface area (TPSA) is 35.5 Å². The number of carbonyl (C=O) groups excluding carboxylic acids is 1. The quantitative estimate of drug-likeness (QED) is 0.632. The van der Waals surface area contributed by atoms with E-state index in [9.17, 15) is 4.79 Å². The van der Waals surface area contributed by atoms with Crippen LogP contribution in [0.25, 0.3) is 5.57 Å². The van der Waals surface area contributed by atoms with Crippen molar-refractivity contribution in [1.82, 2.24) is 0 Å². The minimum atomic E-state index is -0.452. The van der Waals surface area contributed by atoms with Crippen LogP contribution in [0, 0.1) is 20.8 Å². The van der Waals surface area contributed by atoms with Crippen LogP contribution in [-0.2, 0) is 9.53 Å². The number of carbonyl (C=O) groups is 1. The maximum absolute atomic E-state index is 11.6. The van der Waals surface area contributed by atoms with Crippen LogP contribution in [-0.4, -0.2) is 20.2 Å². The van der Waals surface area contributed by atoms with E-state index in [1.165, 1.54) is 7.11 Å². The zero-order valence-corrected chi connectivity index (χ0v) is 12.9. The second-order valence-electron chi connectivity index (χ2n) is 4.07. The molecule has 0 aliphatic heterocycles. The first-order valence-corrected chi connectivity index (χ1v) is 6.26. The normalized spacial score (nSPS) is 10.1. The van der Waals surface area contributed by atoms with Gasteiger partial charge in [0.25, 0.3) is 0 Å². The third-order valence-corrected chi connectivity index (χ3v) is 4.29. The summed E-state index contributed by atoms with van der Waals surface area (Å²) in [5, 5.41) is 0. The van der Waals surface area contributed by atoms with Gasteiger partial charge in [-0.05, 0) is 37.5 Å². The SMILES string of the molecule is C=C(C(=O)OC)c1c(C)c(Br)c(C)c(C)c1OC. The van der Waals surface area contributed by atoms with E-state index in [-0.39, 0.29) is 0 Å². The summed E-state index contributed by atoms with van der Waals surface area (Å²) < 4.78 is 11.1. The first-order valence-electron chi connectivity index (χ1n) is 5.47. The molecule has 1 aromatic rings. The van der Waals surface area contributed by atoms with Crippen LogP contribution < -0.4 is 4.74 Å². The summed E-state index contributed by atoms with van der Waals surface area (Å²) in [5.74, 6) is 0.218. The van der Waals surface area contributed by atoms with Crippen molar-refractivity contribution in [2.24, 2.45) is 0 Å². The molecule has 4 heteroatoms. The van der Waals surface area contributed by atoms with E-state index < -0.39 is 5.97 Å². The molecule has 0 unspecified atom stereocenters. The minimum Gasteiger partial charge on any atom is -0.496 e. The van der Waals surface area contributed by atoms with E-state index in [4.69, 9.17) is 9.47 Å². The number of hydrogen-bond donors (Lipinski definition) is 0. The molecule has 0 N–H and O–H groups in total. The summed E-state index contributed by atoms with van der Waals surface area (Å²) >= 11 is 3.53. The number of benzene rings is 1. The lowest BCUT2D eigenvalue weighted by atomic mass is 9.94. The van der Waals surface area contributed by atoms with E-state index in [1.807, 2.05) is 20.8 Å². The first kappa shape index (κ1) is 14.8. The molecule has 0 fully saturated rings. The summed E-state index contributed by atoms with van der Waals surface area (Å²) in [4.78, 5) is 11.6. The molecular weight excluding hydrogens is 296 g/mol. The molecule has 0 aliphatic carbocycles. The van der Waals surface area contributed by atoms with E-state index in [1.54, 1.807) is 7.11 Å². The molecular formula is C14H17BrO3. The van der Waals surface area contributed by atoms with Gasteiger partial charge in [-0.3, -0.25) is 0 Å². The van der Waals surface area contributed by atoms with Gasteiger partial charge in [-0.2, -0.15) is 0 Å². The van der Waals surface area contributed by atoms with Crippen LogP contribution >= 0.6 is 15.9 Å². The van der Waals surface area contributed by atoms with Gasteiger partial charge in [0.1, 0.15) is 5.75 Å². The smallest absolute Gasteiger partial charge is 0.338 e. The molecule has 0 amide bonds. The highest BCUT2D eigenvalue weighted by Gasteiger charge is 2.22. The highest BCUT2D eigenvalue weighted by molar-refractivity contribution is 9.10. The van der Waals surface area contributed by atoms with Crippen molar-refractivity contribution >= 4 is 27.5 Å². The van der Waals surface area contributed by atoms with Gasteiger partial charge < -0.3 is 9.47 Å². The molecule has 0 bridgehead atoms. The summed E-state index contributed by atoms with van der Waals surface area (Å²) in [6.45, 7) is 9.67. The van der Waals surface area contributed by atoms with Crippen molar-refractivity contribution in [1.29, 1.82) is 0 Å². The fraction of sp³-hybridized carbons (Fsp3) is 0.357. The summed E-state index contributed by atoms with van der Waals surface area (Å²) in [6, 6.07) is 0. The molecule has 0 saturated heterocycles. The standard InChI is InChI=1S/C14H17BrO3/c1-7-8(2)13(17-5)11(9(3)12(7)15)10(4)14(16)18-6/h4H2,1-3,5-6H3. The Labute approximate surface area is 116 Å². The van der Waals surface area contributed by atoms with E-state index in [0.717, 1.165) is 21.2 Å². The Morgan fingerprint density at radius 3 is 2.11 bits per heavy atom. The Bertz CT molecular complexity index is 519. The van der Waals surface area contributed by atoms with Crippen molar-refractivity contribution in [3.8, 4) is 5.75 Å². The predicted octanol–water partition coefficient (Wildman–Crippen LogP) is 3.57. The van der Waals surface area contributed by atoms with Crippen molar-refractivity contribution < 1.29 is 14.3 Å². The van der Waals surface area contributed by atoms with Gasteiger partial charge in [-0.25, -0.2) is 4.79 Å². The van der Waals surface area contributed by atoms with Crippen LogP contribution in [0.3, 0.4) is 0 Å². The fourth-order valence-corrected chi connectivity index (χ4v) is 2.42. The molecule has 1 aromatic carbocycles. The van der Waals surface area contributed by atoms with Gasteiger partial charge in [-0.15, -0.1) is 0 Å². The third kappa shape index (κ3) is 2.29. The summed E-state index contributed by atoms with van der Waals surface area (Å²) in [6.07, 6.45) is 0. The van der Waals surface area contributed by atoms with Crippen LogP contribution in [0.2, 0.25) is 0 Å². The maximum atomic E-state index is 11.6. The molecule has 0 aromatic heterocycles. The van der Waals surface area contributed by atoms with Crippen molar-refractivity contribution in [3.05, 3.63) is 33.3 Å². The van der Waals surface area contributed by atoms with Crippen LogP contribution in [0.5, 0.6) is 5.75 Å². The lowest BCUT2D eigenvalue weighted by Crippen LogP contribution is -2.08. The third-order valence-electron chi connectivity index (χ3n) is 3.10. The Balaban J connectivity index is 3.62. The van der Waals surface area contributed by atoms with Gasteiger partial charge in [-0.1, -0.05) is 22.5 Å². The lowest BCUT2D eigenvalue weighted by Gasteiger charge is -2.19. The van der Waals surface area contributed by atoms with Crippen molar-refractivity contribution in [3.63, 3.8) is 0 Å². The molecule has 0 atom stereocenters. The van der Waals surface area contributed by atoms with Gasteiger partial charge in [0.05, 0.1) is 19.8 Å². The maximum Gasteiger partial charge on any atom is 0.338 e. The number of halogens is 1. The second-order valence-corrected chi connectivity index (χ2v) is 4.86. The van der Waals surface area contributed by atoms with E-state index in [0.29, 0.717) is 16.9 Å². The van der Waals surface area contributed by atoms with Gasteiger partial charge in [0, 0.05) is 10.0 Å². The molecule has 0 heterocycles. The Kier molecular flexibility index (Phi) is 4.57. The molecule has 0 aliphatic rings. The van der Waals surface area contributed by atoms with Gasteiger partial charge in [0.2, 0.25) is 0 Å². The minimum absolute atomic E-state index is 0.302. The molecule has 18 heavy (non-hydrogen) atoms. The number of methoxy groups -OCH3 is 2. The Hall–Kier alpha value is -1.29. The van der Waals surface area contributed by atoms with Crippen molar-refractivity contribution in [2.45, 2.75) is 20.8 Å². The van der Waals surface area contributed by atoms with Crippen LogP contribution in [0.4, 0.5) is 0 Å². The highest BCUT2D eigenvalue weighted by Crippen LogP contribution is 2.39. The summed E-state index contributed by atoms with van der Waals surface area (Å²) in [7, 11) is 2.93. The van der Waals surface area contributed by atoms with Crippen LogP contribution in [0.15, 0.2) is 11.1 Å². The average Bonchev–Trinajstić information content (AvgIpc) is 2.38. The number of rotatable bonds is 3. The molecule has 0 saturated carbocycles. The second kappa shape index (κ2) is 5.57. The molecule has 98 valence electrons. The van der Waals surface area contributed by atoms with E-state index >= 15 is 0 Å². The van der Waals surface area contributed by atoms with Gasteiger partial charge in [0.15, 0.2) is 0 Å². The largest absolute Gasteiger partial charge is 0.496 e. The van der Waals surface area contributed by atoms with Crippen molar-refractivity contribution in [2.75, 3.05) is 14.2 Å². The Morgan fingerprint density at radius 1 is 1.11 bits per heavy atom. The number of hydrogen-bond acceptors (Lipinski definition) is 3. The van der Waals surface area contributed by atoms with Crippen LogP contribution in [0.1, 0.15) is 22.3 Å². The highest BCUT2D eigenvalue weighted by atomic mass is 79.9. The molecule has 0 radical (unpaired) electrons. The number of esters is 1. The summed E-state index contributed by atoms with van der Waals surface area (Å²) in [5.41, 5.74) is 3.99. The zero-order chi connectivity index (χ0) is 14.0. The molecule has 3 nitrogen and oxygen atoms in total. The molecule has 0 spiro atoms. The monoisotopic (exact) mass is 312 g/mol. The lowest BCUT2D eigenvalue weighted by molar-refractivity contribution is -0.133. The zero-order valence-electron chi connectivity index (χ0n) is 11.3.